The van der Waals surface area contributed by atoms with Crippen molar-refractivity contribution in [3.8, 4) is 5.69 Å². The second-order valence-corrected chi connectivity index (χ2v) is 3.98. The predicted molar refractivity (Wildman–Crippen MR) is 61.1 cm³/mol. The van der Waals surface area contributed by atoms with Crippen LogP contribution in [0.25, 0.3) is 5.69 Å². The first-order valence-corrected chi connectivity index (χ1v) is 5.20. The Hall–Kier alpha value is -1.39. The van der Waals surface area contributed by atoms with Crippen molar-refractivity contribution >= 4 is 11.6 Å². The quantitative estimate of drug-likeness (QED) is 0.876. The van der Waals surface area contributed by atoms with Crippen molar-refractivity contribution in [2.75, 3.05) is 0 Å². The standard InChI is InChI=1S/C11H11ClFN3/c1-7(14)11-5-15-6-16(11)8-2-3-10(13)9(12)4-8/h2-7H,14H2,1H3/t7-/m1/s1. The van der Waals surface area contributed by atoms with E-state index < -0.39 is 5.82 Å². The molecule has 0 amide bonds. The normalized spacial score (nSPS) is 12.8. The number of nitrogens with zero attached hydrogens (tertiary/aromatic N) is 2. The smallest absolute Gasteiger partial charge is 0.141 e. The van der Waals surface area contributed by atoms with Gasteiger partial charge in [-0.25, -0.2) is 9.37 Å². The molecule has 1 heterocycles. The zero-order valence-corrected chi connectivity index (χ0v) is 9.45. The summed E-state index contributed by atoms with van der Waals surface area (Å²) in [4.78, 5) is 4.02. The number of nitrogens with two attached hydrogens (primary N) is 1. The Kier molecular flexibility index (Phi) is 2.94. The number of imidazole rings is 1. The molecular weight excluding hydrogens is 229 g/mol. The molecule has 16 heavy (non-hydrogen) atoms. The lowest BCUT2D eigenvalue weighted by molar-refractivity contribution is 0.627. The van der Waals surface area contributed by atoms with E-state index in [1.165, 1.54) is 6.07 Å². The first-order chi connectivity index (χ1) is 7.59. The van der Waals surface area contributed by atoms with Crippen LogP contribution in [0.4, 0.5) is 4.39 Å². The Bertz CT molecular complexity index is 508. The molecule has 0 saturated carbocycles. The lowest BCUT2D eigenvalue weighted by Crippen LogP contribution is -2.10. The topological polar surface area (TPSA) is 43.8 Å². The molecule has 0 radical (unpaired) electrons. The molecule has 3 nitrogen and oxygen atoms in total. The Morgan fingerprint density at radius 2 is 2.25 bits per heavy atom. The van der Waals surface area contributed by atoms with E-state index in [9.17, 15) is 4.39 Å². The van der Waals surface area contributed by atoms with E-state index >= 15 is 0 Å². The molecule has 0 fully saturated rings. The first kappa shape index (κ1) is 11.1. The zero-order valence-electron chi connectivity index (χ0n) is 8.69. The number of rotatable bonds is 2. The van der Waals surface area contributed by atoms with Gasteiger partial charge in [0.2, 0.25) is 0 Å². The van der Waals surface area contributed by atoms with Crippen LogP contribution in [0, 0.1) is 5.82 Å². The maximum absolute atomic E-state index is 13.0. The summed E-state index contributed by atoms with van der Waals surface area (Å²) in [6.45, 7) is 1.86. The highest BCUT2D eigenvalue weighted by molar-refractivity contribution is 6.30. The van der Waals surface area contributed by atoms with Crippen LogP contribution < -0.4 is 5.73 Å². The van der Waals surface area contributed by atoms with Gasteiger partial charge in [-0.2, -0.15) is 0 Å². The summed E-state index contributed by atoms with van der Waals surface area (Å²) in [6, 6.07) is 4.35. The van der Waals surface area contributed by atoms with Crippen molar-refractivity contribution in [3.63, 3.8) is 0 Å². The fraction of sp³-hybridized carbons (Fsp3) is 0.182. The summed E-state index contributed by atoms with van der Waals surface area (Å²) in [6.07, 6.45) is 3.31. The number of aromatic nitrogens is 2. The third kappa shape index (κ3) is 1.94. The summed E-state index contributed by atoms with van der Waals surface area (Å²) in [5.41, 5.74) is 7.39. The lowest BCUT2D eigenvalue weighted by Gasteiger charge is -2.11. The van der Waals surface area contributed by atoms with Crippen LogP contribution in [-0.4, -0.2) is 9.55 Å². The highest BCUT2D eigenvalue weighted by Gasteiger charge is 2.09. The van der Waals surface area contributed by atoms with Gasteiger partial charge in [0.15, 0.2) is 0 Å². The molecule has 0 unspecified atom stereocenters. The van der Waals surface area contributed by atoms with Gasteiger partial charge in [-0.05, 0) is 25.1 Å². The molecule has 0 bridgehead atoms. The minimum Gasteiger partial charge on any atom is -0.323 e. The van der Waals surface area contributed by atoms with E-state index in [4.69, 9.17) is 17.3 Å². The van der Waals surface area contributed by atoms with E-state index in [-0.39, 0.29) is 11.1 Å². The van der Waals surface area contributed by atoms with E-state index in [0.29, 0.717) is 0 Å². The number of hydrogen-bond donors (Lipinski definition) is 1. The van der Waals surface area contributed by atoms with Gasteiger partial charge < -0.3 is 10.3 Å². The number of benzene rings is 1. The maximum atomic E-state index is 13.0. The first-order valence-electron chi connectivity index (χ1n) is 4.83. The Labute approximate surface area is 97.7 Å². The Morgan fingerprint density at radius 1 is 1.50 bits per heavy atom. The Morgan fingerprint density at radius 3 is 2.88 bits per heavy atom. The molecule has 0 aliphatic rings. The molecule has 2 N–H and O–H groups in total. The van der Waals surface area contributed by atoms with E-state index in [1.54, 1.807) is 29.2 Å². The average Bonchev–Trinajstić information content (AvgIpc) is 2.71. The van der Waals surface area contributed by atoms with Gasteiger partial charge in [0.25, 0.3) is 0 Å². The van der Waals surface area contributed by atoms with Crippen LogP contribution in [0.1, 0.15) is 18.7 Å². The van der Waals surface area contributed by atoms with Gasteiger partial charge in [0.1, 0.15) is 5.82 Å². The van der Waals surface area contributed by atoms with Crippen LogP contribution in [-0.2, 0) is 0 Å². The molecule has 0 spiro atoms. The van der Waals surface area contributed by atoms with Crippen molar-refractivity contribution in [3.05, 3.63) is 47.3 Å². The third-order valence-corrected chi connectivity index (χ3v) is 2.60. The van der Waals surface area contributed by atoms with Crippen molar-refractivity contribution < 1.29 is 4.39 Å². The summed E-state index contributed by atoms with van der Waals surface area (Å²) >= 11 is 5.72. The summed E-state index contributed by atoms with van der Waals surface area (Å²) in [5, 5.41) is 0.0850. The van der Waals surface area contributed by atoms with Crippen molar-refractivity contribution in [1.82, 2.24) is 9.55 Å². The molecule has 84 valence electrons. The lowest BCUT2D eigenvalue weighted by atomic mass is 10.2. The van der Waals surface area contributed by atoms with Gasteiger partial charge in [-0.3, -0.25) is 0 Å². The summed E-state index contributed by atoms with van der Waals surface area (Å²) in [5.74, 6) is -0.437. The molecule has 5 heteroatoms. The van der Waals surface area contributed by atoms with Crippen LogP contribution >= 0.6 is 11.6 Å². The highest BCUT2D eigenvalue weighted by atomic mass is 35.5. The highest BCUT2D eigenvalue weighted by Crippen LogP contribution is 2.21. The molecule has 2 rings (SSSR count). The van der Waals surface area contributed by atoms with Crippen molar-refractivity contribution in [2.24, 2.45) is 5.73 Å². The molecule has 0 aliphatic heterocycles. The van der Waals surface area contributed by atoms with Gasteiger partial charge in [0, 0.05) is 11.7 Å². The van der Waals surface area contributed by atoms with E-state index in [0.717, 1.165) is 11.4 Å². The minimum atomic E-state index is -0.437. The molecule has 1 aromatic heterocycles. The van der Waals surface area contributed by atoms with Crippen molar-refractivity contribution in [2.45, 2.75) is 13.0 Å². The summed E-state index contributed by atoms with van der Waals surface area (Å²) < 4.78 is 14.8. The number of halogens is 2. The summed E-state index contributed by atoms with van der Waals surface area (Å²) in [7, 11) is 0. The fourth-order valence-electron chi connectivity index (χ4n) is 1.49. The average molecular weight is 240 g/mol. The molecular formula is C11H11ClFN3. The zero-order chi connectivity index (χ0) is 11.7. The van der Waals surface area contributed by atoms with Crippen molar-refractivity contribution in [1.29, 1.82) is 0 Å². The largest absolute Gasteiger partial charge is 0.323 e. The maximum Gasteiger partial charge on any atom is 0.141 e. The third-order valence-electron chi connectivity index (χ3n) is 2.31. The molecule has 0 saturated heterocycles. The fourth-order valence-corrected chi connectivity index (χ4v) is 1.67. The second kappa shape index (κ2) is 4.23. The van der Waals surface area contributed by atoms with Crippen LogP contribution in [0.3, 0.4) is 0 Å². The van der Waals surface area contributed by atoms with Crippen LogP contribution in [0.15, 0.2) is 30.7 Å². The molecule has 0 aliphatic carbocycles. The van der Waals surface area contributed by atoms with E-state index in [2.05, 4.69) is 4.98 Å². The van der Waals surface area contributed by atoms with Gasteiger partial charge in [-0.15, -0.1) is 0 Å². The molecule has 2 aromatic rings. The van der Waals surface area contributed by atoms with Gasteiger partial charge in [-0.1, -0.05) is 11.6 Å². The van der Waals surface area contributed by atoms with Gasteiger partial charge in [0.05, 0.1) is 23.2 Å². The molecule has 1 atom stereocenters. The Balaban J connectivity index is 2.50. The van der Waals surface area contributed by atoms with Gasteiger partial charge >= 0.3 is 0 Å². The van der Waals surface area contributed by atoms with E-state index in [1.807, 2.05) is 6.92 Å². The second-order valence-electron chi connectivity index (χ2n) is 3.58. The molecule has 1 aromatic carbocycles. The van der Waals surface area contributed by atoms with Crippen LogP contribution in [0.2, 0.25) is 5.02 Å². The van der Waals surface area contributed by atoms with Crippen LogP contribution in [0.5, 0.6) is 0 Å². The predicted octanol–water partition coefficient (Wildman–Crippen LogP) is 2.68. The number of hydrogen-bond acceptors (Lipinski definition) is 2. The monoisotopic (exact) mass is 239 g/mol. The SMILES string of the molecule is C[C@@H](N)c1cncn1-c1ccc(F)c(Cl)c1. The minimum absolute atomic E-state index is 0.0850.